The van der Waals surface area contributed by atoms with E-state index in [9.17, 15) is 14.0 Å². The Morgan fingerprint density at radius 3 is 3.00 bits per heavy atom. The van der Waals surface area contributed by atoms with Gasteiger partial charge in [-0.05, 0) is 17.7 Å². The Labute approximate surface area is 91.1 Å². The SMILES string of the molecule is O=C(O)CC1CC(=O)Nc2cc(F)ccc21. The van der Waals surface area contributed by atoms with E-state index >= 15 is 0 Å². The molecule has 0 aliphatic carbocycles. The van der Waals surface area contributed by atoms with Gasteiger partial charge in [-0.2, -0.15) is 0 Å². The molecule has 4 nitrogen and oxygen atoms in total. The first-order valence-electron chi connectivity index (χ1n) is 4.87. The predicted octanol–water partition coefficient (Wildman–Crippen LogP) is 1.73. The summed E-state index contributed by atoms with van der Waals surface area (Å²) in [5.41, 5.74) is 1.06. The molecule has 2 rings (SSSR count). The van der Waals surface area contributed by atoms with Gasteiger partial charge in [-0.3, -0.25) is 9.59 Å². The summed E-state index contributed by atoms with van der Waals surface area (Å²) < 4.78 is 12.9. The van der Waals surface area contributed by atoms with Gasteiger partial charge in [0.1, 0.15) is 5.82 Å². The molecule has 1 aromatic carbocycles. The van der Waals surface area contributed by atoms with E-state index in [-0.39, 0.29) is 24.7 Å². The van der Waals surface area contributed by atoms with E-state index in [0.717, 1.165) is 0 Å². The molecule has 1 unspecified atom stereocenters. The molecule has 1 atom stereocenters. The summed E-state index contributed by atoms with van der Waals surface area (Å²) in [5.74, 6) is -2.06. The molecule has 1 aliphatic heterocycles. The molecule has 0 saturated carbocycles. The van der Waals surface area contributed by atoms with Crippen molar-refractivity contribution in [3.05, 3.63) is 29.6 Å². The molecule has 1 aromatic rings. The van der Waals surface area contributed by atoms with Gasteiger partial charge in [-0.25, -0.2) is 4.39 Å². The standard InChI is InChI=1S/C11H10FNO3/c12-7-1-2-8-6(4-11(15)16)3-10(14)13-9(8)5-7/h1-2,5-6H,3-4H2,(H,13,14)(H,15,16). The van der Waals surface area contributed by atoms with Crippen LogP contribution in [-0.2, 0) is 9.59 Å². The number of amides is 1. The van der Waals surface area contributed by atoms with Gasteiger partial charge in [0.15, 0.2) is 0 Å². The lowest BCUT2D eigenvalue weighted by Crippen LogP contribution is -2.24. The Hall–Kier alpha value is -1.91. The van der Waals surface area contributed by atoms with Crippen LogP contribution >= 0.6 is 0 Å². The molecule has 0 aromatic heterocycles. The minimum absolute atomic E-state index is 0.119. The van der Waals surface area contributed by atoms with Crippen molar-refractivity contribution in [2.24, 2.45) is 0 Å². The monoisotopic (exact) mass is 223 g/mol. The van der Waals surface area contributed by atoms with Crippen LogP contribution < -0.4 is 5.32 Å². The van der Waals surface area contributed by atoms with Gasteiger partial charge in [-0.15, -0.1) is 0 Å². The van der Waals surface area contributed by atoms with E-state index in [4.69, 9.17) is 5.11 Å². The number of carboxylic acids is 1. The van der Waals surface area contributed by atoms with Crippen molar-refractivity contribution in [1.29, 1.82) is 0 Å². The highest BCUT2D eigenvalue weighted by atomic mass is 19.1. The first kappa shape index (κ1) is 10.6. The zero-order chi connectivity index (χ0) is 11.7. The number of aliphatic carboxylic acids is 1. The Morgan fingerprint density at radius 2 is 2.31 bits per heavy atom. The summed E-state index contributed by atoms with van der Waals surface area (Å²) in [5, 5.41) is 11.3. The number of rotatable bonds is 2. The summed E-state index contributed by atoms with van der Waals surface area (Å²) in [6.07, 6.45) is 0.0109. The zero-order valence-electron chi connectivity index (χ0n) is 8.37. The lowest BCUT2D eigenvalue weighted by molar-refractivity contribution is -0.137. The number of anilines is 1. The van der Waals surface area contributed by atoms with Crippen LogP contribution in [-0.4, -0.2) is 17.0 Å². The minimum Gasteiger partial charge on any atom is -0.481 e. The molecule has 1 heterocycles. The van der Waals surface area contributed by atoms with Gasteiger partial charge in [0.05, 0.1) is 6.42 Å². The second-order valence-electron chi connectivity index (χ2n) is 3.78. The summed E-state index contributed by atoms with van der Waals surface area (Å²) in [6, 6.07) is 4.00. The molecule has 0 bridgehead atoms. The van der Waals surface area contributed by atoms with E-state index in [2.05, 4.69) is 5.32 Å². The maximum atomic E-state index is 12.9. The van der Waals surface area contributed by atoms with E-state index in [0.29, 0.717) is 11.3 Å². The first-order chi connectivity index (χ1) is 7.56. The van der Waals surface area contributed by atoms with Crippen molar-refractivity contribution < 1.29 is 19.1 Å². The molecular weight excluding hydrogens is 213 g/mol. The predicted molar refractivity (Wildman–Crippen MR) is 54.6 cm³/mol. The highest BCUT2D eigenvalue weighted by Crippen LogP contribution is 2.34. The molecule has 84 valence electrons. The second-order valence-corrected chi connectivity index (χ2v) is 3.78. The van der Waals surface area contributed by atoms with Gasteiger partial charge < -0.3 is 10.4 Å². The highest BCUT2D eigenvalue weighted by Gasteiger charge is 2.27. The van der Waals surface area contributed by atoms with Crippen molar-refractivity contribution in [3.63, 3.8) is 0 Å². The number of nitrogens with one attached hydrogen (secondary N) is 1. The van der Waals surface area contributed by atoms with Crippen LogP contribution in [0.2, 0.25) is 0 Å². The molecule has 0 spiro atoms. The maximum absolute atomic E-state index is 12.9. The molecule has 16 heavy (non-hydrogen) atoms. The molecular formula is C11H10FNO3. The first-order valence-corrected chi connectivity index (χ1v) is 4.87. The smallest absolute Gasteiger partial charge is 0.303 e. The highest BCUT2D eigenvalue weighted by molar-refractivity contribution is 5.95. The van der Waals surface area contributed by atoms with Gasteiger partial charge in [0.25, 0.3) is 0 Å². The number of hydrogen-bond donors (Lipinski definition) is 2. The third-order valence-corrected chi connectivity index (χ3v) is 2.58. The molecule has 1 aliphatic rings. The fourth-order valence-corrected chi connectivity index (χ4v) is 1.92. The van der Waals surface area contributed by atoms with Gasteiger partial charge in [0.2, 0.25) is 5.91 Å². The lowest BCUT2D eigenvalue weighted by Gasteiger charge is -2.24. The van der Waals surface area contributed by atoms with Crippen molar-refractivity contribution >= 4 is 17.6 Å². The van der Waals surface area contributed by atoms with Crippen LogP contribution in [0.3, 0.4) is 0 Å². The topological polar surface area (TPSA) is 66.4 Å². The normalized spacial score (nSPS) is 18.8. The van der Waals surface area contributed by atoms with Crippen LogP contribution in [0.4, 0.5) is 10.1 Å². The van der Waals surface area contributed by atoms with Crippen LogP contribution in [0.1, 0.15) is 24.3 Å². The number of carboxylic acid groups (broad SMARTS) is 1. The number of carbonyl (C=O) groups excluding carboxylic acids is 1. The van der Waals surface area contributed by atoms with E-state index in [1.807, 2.05) is 0 Å². The number of fused-ring (bicyclic) bond motifs is 1. The summed E-state index contributed by atoms with van der Waals surface area (Å²) in [7, 11) is 0. The van der Waals surface area contributed by atoms with Crippen molar-refractivity contribution in [2.75, 3.05) is 5.32 Å². The molecule has 0 radical (unpaired) electrons. The van der Waals surface area contributed by atoms with Gasteiger partial charge in [-0.1, -0.05) is 6.07 Å². The van der Waals surface area contributed by atoms with E-state index in [1.165, 1.54) is 18.2 Å². The fraction of sp³-hybridized carbons (Fsp3) is 0.273. The van der Waals surface area contributed by atoms with Crippen LogP contribution in [0.5, 0.6) is 0 Å². The number of hydrogen-bond acceptors (Lipinski definition) is 2. The maximum Gasteiger partial charge on any atom is 0.303 e. The molecule has 1 amide bonds. The second kappa shape index (κ2) is 3.92. The Bertz CT molecular complexity index is 459. The van der Waals surface area contributed by atoms with Crippen molar-refractivity contribution in [2.45, 2.75) is 18.8 Å². The molecule has 5 heteroatoms. The number of carbonyl (C=O) groups is 2. The van der Waals surface area contributed by atoms with Crippen molar-refractivity contribution in [1.82, 2.24) is 0 Å². The third kappa shape index (κ3) is 2.03. The van der Waals surface area contributed by atoms with Crippen LogP contribution in [0.15, 0.2) is 18.2 Å². The lowest BCUT2D eigenvalue weighted by atomic mass is 9.88. The summed E-state index contributed by atoms with van der Waals surface area (Å²) in [4.78, 5) is 21.9. The average Bonchev–Trinajstić information content (AvgIpc) is 2.15. The molecule has 0 fully saturated rings. The zero-order valence-corrected chi connectivity index (χ0v) is 8.37. The summed E-state index contributed by atoms with van der Waals surface area (Å²) >= 11 is 0. The quantitative estimate of drug-likeness (QED) is 0.802. The van der Waals surface area contributed by atoms with Crippen LogP contribution in [0, 0.1) is 5.82 Å². The fourth-order valence-electron chi connectivity index (χ4n) is 1.92. The van der Waals surface area contributed by atoms with E-state index < -0.39 is 11.8 Å². The average molecular weight is 223 g/mol. The van der Waals surface area contributed by atoms with Crippen LogP contribution in [0.25, 0.3) is 0 Å². The molecule has 2 N–H and O–H groups in total. The Morgan fingerprint density at radius 1 is 1.56 bits per heavy atom. The number of benzene rings is 1. The van der Waals surface area contributed by atoms with Crippen molar-refractivity contribution in [3.8, 4) is 0 Å². The summed E-state index contributed by atoms with van der Waals surface area (Å²) in [6.45, 7) is 0. The molecule has 0 saturated heterocycles. The van der Waals surface area contributed by atoms with Gasteiger partial charge >= 0.3 is 5.97 Å². The Kier molecular flexibility index (Phi) is 2.60. The van der Waals surface area contributed by atoms with Gasteiger partial charge in [0, 0.05) is 18.0 Å². The third-order valence-electron chi connectivity index (χ3n) is 2.58. The minimum atomic E-state index is -0.963. The number of halogens is 1. The Balaban J connectivity index is 2.37. The van der Waals surface area contributed by atoms with E-state index in [1.54, 1.807) is 0 Å². The largest absolute Gasteiger partial charge is 0.481 e.